The Hall–Kier alpha value is -2.42. The van der Waals surface area contributed by atoms with E-state index < -0.39 is 0 Å². The highest BCUT2D eigenvalue weighted by molar-refractivity contribution is 6.07. The van der Waals surface area contributed by atoms with Crippen LogP contribution >= 0.6 is 0 Å². The van der Waals surface area contributed by atoms with Gasteiger partial charge in [-0.05, 0) is 35.9 Å². The molecular formula is C15H12FNO. The van der Waals surface area contributed by atoms with Crippen molar-refractivity contribution in [1.82, 2.24) is 0 Å². The van der Waals surface area contributed by atoms with E-state index in [0.29, 0.717) is 16.8 Å². The van der Waals surface area contributed by atoms with Crippen LogP contribution < -0.4 is 5.73 Å². The van der Waals surface area contributed by atoms with Crippen molar-refractivity contribution in [2.45, 2.75) is 0 Å². The molecule has 0 bridgehead atoms. The maximum absolute atomic E-state index is 12.9. The quantitative estimate of drug-likeness (QED) is 0.509. The standard InChI is InChI=1S/C15H12FNO/c16-13-5-1-3-11(9-13)7-8-15(18)12-4-2-6-14(17)10-12/h1-10H,17H2. The highest BCUT2D eigenvalue weighted by atomic mass is 19.1. The third kappa shape index (κ3) is 3.04. The zero-order valence-electron chi connectivity index (χ0n) is 9.64. The van der Waals surface area contributed by atoms with E-state index in [1.54, 1.807) is 42.5 Å². The van der Waals surface area contributed by atoms with Crippen molar-refractivity contribution >= 4 is 17.5 Å². The number of carbonyl (C=O) groups is 1. The molecule has 2 aromatic rings. The molecule has 2 N–H and O–H groups in total. The highest BCUT2D eigenvalue weighted by Crippen LogP contribution is 2.10. The van der Waals surface area contributed by atoms with Gasteiger partial charge in [0.05, 0.1) is 0 Å². The Labute approximate surface area is 105 Å². The second-order valence-electron chi connectivity index (χ2n) is 3.88. The summed E-state index contributed by atoms with van der Waals surface area (Å²) in [7, 11) is 0. The molecule has 0 aromatic heterocycles. The van der Waals surface area contributed by atoms with Gasteiger partial charge >= 0.3 is 0 Å². The molecule has 2 aromatic carbocycles. The lowest BCUT2D eigenvalue weighted by Crippen LogP contribution is -1.95. The number of nitrogens with two attached hydrogens (primary N) is 1. The zero-order valence-corrected chi connectivity index (χ0v) is 9.64. The Morgan fingerprint density at radius 3 is 2.61 bits per heavy atom. The molecule has 0 saturated heterocycles. The van der Waals surface area contributed by atoms with Crippen LogP contribution in [0.5, 0.6) is 0 Å². The van der Waals surface area contributed by atoms with Crippen molar-refractivity contribution in [3.05, 3.63) is 71.6 Å². The van der Waals surface area contributed by atoms with E-state index in [-0.39, 0.29) is 11.6 Å². The Morgan fingerprint density at radius 1 is 1.11 bits per heavy atom. The number of allylic oxidation sites excluding steroid dienone is 1. The van der Waals surface area contributed by atoms with Crippen molar-refractivity contribution in [3.63, 3.8) is 0 Å². The normalized spacial score (nSPS) is 10.7. The molecule has 2 nitrogen and oxygen atoms in total. The van der Waals surface area contributed by atoms with Crippen LogP contribution in [0.4, 0.5) is 10.1 Å². The second kappa shape index (κ2) is 5.27. The monoisotopic (exact) mass is 241 g/mol. The van der Waals surface area contributed by atoms with Crippen molar-refractivity contribution in [2.24, 2.45) is 0 Å². The molecule has 2 rings (SSSR count). The Morgan fingerprint density at radius 2 is 1.89 bits per heavy atom. The largest absolute Gasteiger partial charge is 0.399 e. The number of nitrogen functional groups attached to an aromatic ring is 1. The van der Waals surface area contributed by atoms with Crippen LogP contribution in [0, 0.1) is 5.82 Å². The summed E-state index contributed by atoms with van der Waals surface area (Å²) < 4.78 is 12.9. The summed E-state index contributed by atoms with van der Waals surface area (Å²) in [4.78, 5) is 11.8. The fraction of sp³-hybridized carbons (Fsp3) is 0. The topological polar surface area (TPSA) is 43.1 Å². The Bertz CT molecular complexity index is 605. The van der Waals surface area contributed by atoms with E-state index in [1.807, 2.05) is 0 Å². The minimum atomic E-state index is -0.325. The molecule has 0 unspecified atom stereocenters. The maximum Gasteiger partial charge on any atom is 0.185 e. The first-order valence-electron chi connectivity index (χ1n) is 5.49. The third-order valence-electron chi connectivity index (χ3n) is 2.45. The molecule has 0 heterocycles. The molecule has 0 aliphatic carbocycles. The van der Waals surface area contributed by atoms with Gasteiger partial charge in [-0.1, -0.05) is 30.3 Å². The molecule has 90 valence electrons. The van der Waals surface area contributed by atoms with Gasteiger partial charge in [0.2, 0.25) is 0 Å². The predicted molar refractivity (Wildman–Crippen MR) is 70.6 cm³/mol. The minimum absolute atomic E-state index is 0.161. The number of ketones is 1. The molecule has 0 aliphatic rings. The van der Waals surface area contributed by atoms with Crippen LogP contribution in [-0.4, -0.2) is 5.78 Å². The van der Waals surface area contributed by atoms with E-state index in [9.17, 15) is 9.18 Å². The van der Waals surface area contributed by atoms with Gasteiger partial charge in [0.15, 0.2) is 5.78 Å². The number of hydrogen-bond donors (Lipinski definition) is 1. The summed E-state index contributed by atoms with van der Waals surface area (Å²) in [5, 5.41) is 0. The minimum Gasteiger partial charge on any atom is -0.399 e. The van der Waals surface area contributed by atoms with Crippen molar-refractivity contribution < 1.29 is 9.18 Å². The molecule has 0 amide bonds. The lowest BCUT2D eigenvalue weighted by molar-refractivity contribution is 0.104. The van der Waals surface area contributed by atoms with Crippen molar-refractivity contribution in [1.29, 1.82) is 0 Å². The average molecular weight is 241 g/mol. The van der Waals surface area contributed by atoms with Crippen LogP contribution in [0.2, 0.25) is 0 Å². The molecular weight excluding hydrogens is 229 g/mol. The fourth-order valence-corrected chi connectivity index (χ4v) is 1.57. The Balaban J connectivity index is 2.17. The van der Waals surface area contributed by atoms with Crippen LogP contribution in [0.3, 0.4) is 0 Å². The highest BCUT2D eigenvalue weighted by Gasteiger charge is 2.01. The van der Waals surface area contributed by atoms with Gasteiger partial charge in [-0.15, -0.1) is 0 Å². The SMILES string of the molecule is Nc1cccc(C(=O)C=Cc2cccc(F)c2)c1. The summed E-state index contributed by atoms with van der Waals surface area (Å²) in [6, 6.07) is 12.8. The average Bonchev–Trinajstić information content (AvgIpc) is 2.36. The number of rotatable bonds is 3. The molecule has 0 atom stereocenters. The number of anilines is 1. The summed E-state index contributed by atoms with van der Waals surface area (Å²) in [5.74, 6) is -0.486. The maximum atomic E-state index is 12.9. The zero-order chi connectivity index (χ0) is 13.0. The van der Waals surface area contributed by atoms with E-state index in [4.69, 9.17) is 5.73 Å². The van der Waals surface area contributed by atoms with Crippen molar-refractivity contribution in [2.75, 3.05) is 5.73 Å². The Kier molecular flexibility index (Phi) is 3.53. The smallest absolute Gasteiger partial charge is 0.185 e. The van der Waals surface area contributed by atoms with E-state index >= 15 is 0 Å². The van der Waals surface area contributed by atoms with Crippen LogP contribution in [-0.2, 0) is 0 Å². The van der Waals surface area contributed by atoms with Crippen molar-refractivity contribution in [3.8, 4) is 0 Å². The number of halogens is 1. The molecule has 0 spiro atoms. The lowest BCUT2D eigenvalue weighted by atomic mass is 10.1. The summed E-state index contributed by atoms with van der Waals surface area (Å²) in [6.45, 7) is 0. The number of carbonyl (C=O) groups excluding carboxylic acids is 1. The van der Waals surface area contributed by atoms with Gasteiger partial charge in [-0.3, -0.25) is 4.79 Å². The van der Waals surface area contributed by atoms with Gasteiger partial charge in [-0.2, -0.15) is 0 Å². The van der Waals surface area contributed by atoms with Gasteiger partial charge in [-0.25, -0.2) is 4.39 Å². The van der Waals surface area contributed by atoms with Gasteiger partial charge in [0.25, 0.3) is 0 Å². The second-order valence-corrected chi connectivity index (χ2v) is 3.88. The summed E-state index contributed by atoms with van der Waals surface area (Å²) in [5.41, 5.74) is 7.30. The number of benzene rings is 2. The molecule has 0 fully saturated rings. The summed E-state index contributed by atoms with van der Waals surface area (Å²) in [6.07, 6.45) is 2.98. The molecule has 0 radical (unpaired) electrons. The van der Waals surface area contributed by atoms with Crippen LogP contribution in [0.1, 0.15) is 15.9 Å². The molecule has 3 heteroatoms. The van der Waals surface area contributed by atoms with Crippen LogP contribution in [0.15, 0.2) is 54.6 Å². The van der Waals surface area contributed by atoms with Crippen LogP contribution in [0.25, 0.3) is 6.08 Å². The molecule has 0 saturated carbocycles. The fourth-order valence-electron chi connectivity index (χ4n) is 1.57. The van der Waals surface area contributed by atoms with Gasteiger partial charge in [0, 0.05) is 11.3 Å². The van der Waals surface area contributed by atoms with Gasteiger partial charge < -0.3 is 5.73 Å². The lowest BCUT2D eigenvalue weighted by Gasteiger charge is -1.97. The van der Waals surface area contributed by atoms with E-state index in [2.05, 4.69) is 0 Å². The predicted octanol–water partition coefficient (Wildman–Crippen LogP) is 3.30. The number of hydrogen-bond acceptors (Lipinski definition) is 2. The van der Waals surface area contributed by atoms with E-state index in [1.165, 1.54) is 18.2 Å². The van der Waals surface area contributed by atoms with E-state index in [0.717, 1.165) is 0 Å². The molecule has 0 aliphatic heterocycles. The summed E-state index contributed by atoms with van der Waals surface area (Å²) >= 11 is 0. The molecule has 18 heavy (non-hydrogen) atoms. The first-order valence-corrected chi connectivity index (χ1v) is 5.49. The third-order valence-corrected chi connectivity index (χ3v) is 2.45. The van der Waals surface area contributed by atoms with Gasteiger partial charge in [0.1, 0.15) is 5.82 Å². The first-order chi connectivity index (χ1) is 8.65. The first kappa shape index (κ1) is 12.0.